The third-order valence-corrected chi connectivity index (χ3v) is 4.71. The molecule has 2 aromatic rings. The van der Waals surface area contributed by atoms with Crippen molar-refractivity contribution in [1.82, 2.24) is 0 Å². The molecule has 0 fully saturated rings. The molecule has 2 aliphatic heterocycles. The highest BCUT2D eigenvalue weighted by Crippen LogP contribution is 2.45. The maximum atomic E-state index is 11.6. The average Bonchev–Trinajstić information content (AvgIpc) is 2.71. The summed E-state index contributed by atoms with van der Waals surface area (Å²) in [4.78, 5) is 22.2. The van der Waals surface area contributed by atoms with Gasteiger partial charge in [-0.15, -0.1) is 0 Å². The highest BCUT2D eigenvalue weighted by Gasteiger charge is 2.31. The normalized spacial score (nSPS) is 14.6. The average molecular weight is 388 g/mol. The number of fused-ring (bicyclic) bond motifs is 2. The molecule has 0 aliphatic carbocycles. The zero-order chi connectivity index (χ0) is 19.8. The van der Waals surface area contributed by atoms with Crippen molar-refractivity contribution in [3.63, 3.8) is 0 Å². The van der Waals surface area contributed by atoms with Crippen molar-refractivity contribution in [2.45, 2.75) is 12.8 Å². The molecule has 10 nitrogen and oxygen atoms in total. The van der Waals surface area contributed by atoms with Crippen LogP contribution >= 0.6 is 0 Å². The molecule has 0 N–H and O–H groups in total. The Morgan fingerprint density at radius 1 is 0.714 bits per heavy atom. The van der Waals surface area contributed by atoms with Gasteiger partial charge < -0.3 is 18.9 Å². The molecule has 2 aliphatic rings. The van der Waals surface area contributed by atoms with Crippen molar-refractivity contribution in [1.29, 1.82) is 0 Å². The Bertz CT molecular complexity index is 897. The molecule has 0 atom stereocenters. The van der Waals surface area contributed by atoms with Crippen LogP contribution in [0, 0.1) is 20.2 Å². The molecule has 0 saturated carbocycles. The molecule has 10 heteroatoms. The van der Waals surface area contributed by atoms with E-state index in [2.05, 4.69) is 0 Å². The Hall–Kier alpha value is -3.56. The molecule has 28 heavy (non-hydrogen) atoms. The second-order valence-corrected chi connectivity index (χ2v) is 6.35. The van der Waals surface area contributed by atoms with E-state index in [9.17, 15) is 20.2 Å². The topological polar surface area (TPSA) is 123 Å². The van der Waals surface area contributed by atoms with Gasteiger partial charge in [0.1, 0.15) is 26.4 Å². The Kier molecular flexibility index (Phi) is 4.38. The fraction of sp³-hybridized carbons (Fsp3) is 0.333. The summed E-state index contributed by atoms with van der Waals surface area (Å²) in [7, 11) is 0. The highest BCUT2D eigenvalue weighted by atomic mass is 16.6. The van der Waals surface area contributed by atoms with Crippen LogP contribution in [0.2, 0.25) is 0 Å². The highest BCUT2D eigenvalue weighted by molar-refractivity contribution is 5.62. The Balaban J connectivity index is 1.86. The smallest absolute Gasteiger partial charge is 0.277 e. The first kappa shape index (κ1) is 17.8. The summed E-state index contributed by atoms with van der Waals surface area (Å²) in [6.07, 6.45) is 0. The number of ether oxygens (including phenoxy) is 4. The molecule has 2 heterocycles. The van der Waals surface area contributed by atoms with Gasteiger partial charge in [0.15, 0.2) is 23.0 Å². The number of hydrogen-bond acceptors (Lipinski definition) is 8. The SMILES string of the molecule is CC(c1cc2c(cc1[N+](=O)[O-])OCCO2)c1cc2c(cc1[N+](=O)[O-])OCCO2. The summed E-state index contributed by atoms with van der Waals surface area (Å²) < 4.78 is 21.9. The van der Waals surface area contributed by atoms with Gasteiger partial charge in [-0.2, -0.15) is 0 Å². The summed E-state index contributed by atoms with van der Waals surface area (Å²) >= 11 is 0. The first-order valence-electron chi connectivity index (χ1n) is 8.61. The van der Waals surface area contributed by atoms with Crippen LogP contribution in [0.5, 0.6) is 23.0 Å². The van der Waals surface area contributed by atoms with Gasteiger partial charge in [0.2, 0.25) is 0 Å². The lowest BCUT2D eigenvalue weighted by Crippen LogP contribution is -2.17. The number of rotatable bonds is 4. The molecule has 2 aromatic carbocycles. The van der Waals surface area contributed by atoms with Crippen molar-refractivity contribution in [3.05, 3.63) is 55.6 Å². The predicted molar refractivity (Wildman–Crippen MR) is 95.7 cm³/mol. The number of nitro groups is 2. The van der Waals surface area contributed by atoms with E-state index in [-0.39, 0.29) is 34.0 Å². The van der Waals surface area contributed by atoms with Crippen LogP contribution in [0.1, 0.15) is 24.0 Å². The Morgan fingerprint density at radius 2 is 1.04 bits per heavy atom. The summed E-state index contributed by atoms with van der Waals surface area (Å²) in [5.41, 5.74) is 0.185. The quantitative estimate of drug-likeness (QED) is 0.578. The first-order valence-corrected chi connectivity index (χ1v) is 8.61. The summed E-state index contributed by atoms with van der Waals surface area (Å²) in [5, 5.41) is 23.3. The van der Waals surface area contributed by atoms with E-state index in [1.807, 2.05) is 0 Å². The third-order valence-electron chi connectivity index (χ3n) is 4.71. The minimum Gasteiger partial charge on any atom is -0.486 e. The lowest BCUT2D eigenvalue weighted by molar-refractivity contribution is -0.386. The predicted octanol–water partition coefficient (Wildman–Crippen LogP) is 3.20. The molecule has 0 saturated heterocycles. The summed E-state index contributed by atoms with van der Waals surface area (Å²) in [5.74, 6) is 0.640. The zero-order valence-electron chi connectivity index (χ0n) is 14.9. The maximum absolute atomic E-state index is 11.6. The number of hydrogen-bond donors (Lipinski definition) is 0. The fourth-order valence-electron chi connectivity index (χ4n) is 3.36. The van der Waals surface area contributed by atoms with Gasteiger partial charge in [0.05, 0.1) is 22.0 Å². The zero-order valence-corrected chi connectivity index (χ0v) is 14.9. The lowest BCUT2D eigenvalue weighted by Gasteiger charge is -2.22. The Morgan fingerprint density at radius 3 is 1.36 bits per heavy atom. The Labute approximate surface area is 158 Å². The van der Waals surface area contributed by atoms with Crippen molar-refractivity contribution < 1.29 is 28.8 Å². The van der Waals surface area contributed by atoms with Gasteiger partial charge in [-0.25, -0.2) is 0 Å². The molecule has 0 amide bonds. The van der Waals surface area contributed by atoms with Crippen LogP contribution in [0.3, 0.4) is 0 Å². The van der Waals surface area contributed by atoms with Crippen molar-refractivity contribution in [2.75, 3.05) is 26.4 Å². The molecule has 0 aromatic heterocycles. The monoisotopic (exact) mass is 388 g/mol. The number of benzene rings is 2. The minimum absolute atomic E-state index is 0.194. The first-order chi connectivity index (χ1) is 13.5. The van der Waals surface area contributed by atoms with Crippen LogP contribution in [0.4, 0.5) is 11.4 Å². The molecular formula is C18H16N2O8. The van der Waals surface area contributed by atoms with Crippen LogP contribution in [0.25, 0.3) is 0 Å². The molecular weight excluding hydrogens is 372 g/mol. The van der Waals surface area contributed by atoms with Crippen molar-refractivity contribution >= 4 is 11.4 Å². The van der Waals surface area contributed by atoms with E-state index in [0.717, 1.165) is 0 Å². The van der Waals surface area contributed by atoms with Crippen LogP contribution in [-0.4, -0.2) is 36.3 Å². The van der Waals surface area contributed by atoms with E-state index in [1.54, 1.807) is 6.92 Å². The van der Waals surface area contributed by atoms with Crippen molar-refractivity contribution in [3.8, 4) is 23.0 Å². The molecule has 0 unspecified atom stereocenters. The van der Waals surface area contributed by atoms with Gasteiger partial charge in [-0.1, -0.05) is 6.92 Å². The molecule has 0 spiro atoms. The van der Waals surface area contributed by atoms with E-state index >= 15 is 0 Å². The van der Waals surface area contributed by atoms with E-state index < -0.39 is 15.8 Å². The van der Waals surface area contributed by atoms with Gasteiger partial charge in [0.25, 0.3) is 11.4 Å². The van der Waals surface area contributed by atoms with Crippen LogP contribution in [0.15, 0.2) is 24.3 Å². The van der Waals surface area contributed by atoms with Crippen LogP contribution in [-0.2, 0) is 0 Å². The van der Waals surface area contributed by atoms with E-state index in [4.69, 9.17) is 18.9 Å². The summed E-state index contributed by atoms with van der Waals surface area (Å²) in [6, 6.07) is 5.62. The van der Waals surface area contributed by atoms with Crippen LogP contribution < -0.4 is 18.9 Å². The van der Waals surface area contributed by atoms with Gasteiger partial charge in [0, 0.05) is 17.0 Å². The maximum Gasteiger partial charge on any atom is 0.277 e. The molecule has 4 rings (SSSR count). The molecule has 0 bridgehead atoms. The molecule has 0 radical (unpaired) electrons. The van der Waals surface area contributed by atoms with Gasteiger partial charge in [-0.05, 0) is 12.1 Å². The fourth-order valence-corrected chi connectivity index (χ4v) is 3.36. The lowest BCUT2D eigenvalue weighted by atomic mass is 9.89. The van der Waals surface area contributed by atoms with Gasteiger partial charge >= 0.3 is 0 Å². The minimum atomic E-state index is -0.674. The summed E-state index contributed by atoms with van der Waals surface area (Å²) in [6.45, 7) is 2.90. The van der Waals surface area contributed by atoms with E-state index in [1.165, 1.54) is 24.3 Å². The second-order valence-electron chi connectivity index (χ2n) is 6.35. The van der Waals surface area contributed by atoms with Gasteiger partial charge in [-0.3, -0.25) is 20.2 Å². The van der Waals surface area contributed by atoms with E-state index in [0.29, 0.717) is 37.9 Å². The second kappa shape index (κ2) is 6.87. The van der Waals surface area contributed by atoms with Crippen molar-refractivity contribution in [2.24, 2.45) is 0 Å². The number of nitrogens with zero attached hydrogens (tertiary/aromatic N) is 2. The largest absolute Gasteiger partial charge is 0.486 e. The third kappa shape index (κ3) is 3.02. The number of nitro benzene ring substituents is 2. The molecule has 146 valence electrons. The standard InChI is InChI=1S/C18H16N2O8/c1-10(11-6-15-17(27-4-2-25-15)8-13(11)19(21)22)12-7-16-18(28-5-3-26-16)9-14(12)20(23)24/h6-10H,2-5H2,1H3.